The quantitative estimate of drug-likeness (QED) is 0.721. The largest absolute Gasteiger partial charge is 0.309 e. The summed E-state index contributed by atoms with van der Waals surface area (Å²) >= 11 is 0. The van der Waals surface area contributed by atoms with E-state index in [0.29, 0.717) is 12.2 Å². The van der Waals surface area contributed by atoms with Crippen molar-refractivity contribution < 1.29 is 4.79 Å². The Bertz CT molecular complexity index is 679. The van der Waals surface area contributed by atoms with E-state index in [0.717, 1.165) is 5.56 Å². The van der Waals surface area contributed by atoms with Crippen LogP contribution in [0.3, 0.4) is 0 Å². The molecule has 2 aromatic heterocycles. The molecule has 1 amide bonds. The molecular formula is C13H13N7O. The molecule has 0 saturated carbocycles. The molecule has 8 nitrogen and oxygen atoms in total. The maximum atomic E-state index is 12.4. The third-order valence-corrected chi connectivity index (χ3v) is 3.02. The molecule has 3 rings (SSSR count). The predicted octanol–water partition coefficient (Wildman–Crippen LogP) is 0.819. The van der Waals surface area contributed by atoms with Crippen molar-refractivity contribution >= 4 is 11.7 Å². The first kappa shape index (κ1) is 13.0. The minimum Gasteiger partial charge on any atom is -0.309 e. The zero-order valence-electron chi connectivity index (χ0n) is 11.0. The molecule has 3 aromatic rings. The van der Waals surface area contributed by atoms with E-state index in [1.165, 1.54) is 11.0 Å². The lowest BCUT2D eigenvalue weighted by Crippen LogP contribution is -2.28. The number of amides is 1. The van der Waals surface area contributed by atoms with Crippen molar-refractivity contribution in [2.75, 3.05) is 5.32 Å². The standard InChI is InChI=1S/C13H13N7O/c21-13(16-12-6-7-14-17-12)11(20-9-15-18-19-20)8-10-4-2-1-3-5-10/h1-7,9,11H,8H2,(H2,14,16,17,21). The van der Waals surface area contributed by atoms with Crippen LogP contribution >= 0.6 is 0 Å². The van der Waals surface area contributed by atoms with Crippen LogP contribution < -0.4 is 5.32 Å². The van der Waals surface area contributed by atoms with Gasteiger partial charge in [0.15, 0.2) is 0 Å². The molecule has 2 heterocycles. The van der Waals surface area contributed by atoms with Crippen LogP contribution in [-0.2, 0) is 11.2 Å². The van der Waals surface area contributed by atoms with Gasteiger partial charge in [-0.2, -0.15) is 5.10 Å². The number of benzene rings is 1. The van der Waals surface area contributed by atoms with Gasteiger partial charge >= 0.3 is 0 Å². The highest BCUT2D eigenvalue weighted by molar-refractivity contribution is 5.92. The molecule has 1 atom stereocenters. The smallest absolute Gasteiger partial charge is 0.250 e. The van der Waals surface area contributed by atoms with E-state index < -0.39 is 6.04 Å². The number of carbonyl (C=O) groups is 1. The number of hydrogen-bond acceptors (Lipinski definition) is 5. The van der Waals surface area contributed by atoms with Crippen molar-refractivity contribution in [3.63, 3.8) is 0 Å². The lowest BCUT2D eigenvalue weighted by molar-refractivity contribution is -0.119. The van der Waals surface area contributed by atoms with Crippen LogP contribution in [0.5, 0.6) is 0 Å². The summed E-state index contributed by atoms with van der Waals surface area (Å²) < 4.78 is 1.44. The van der Waals surface area contributed by atoms with E-state index in [1.54, 1.807) is 12.3 Å². The molecule has 0 saturated heterocycles. The first-order valence-corrected chi connectivity index (χ1v) is 6.39. The second-order valence-electron chi connectivity index (χ2n) is 4.45. The minimum absolute atomic E-state index is 0.213. The fourth-order valence-corrected chi connectivity index (χ4v) is 2.00. The predicted molar refractivity (Wildman–Crippen MR) is 74.2 cm³/mol. The van der Waals surface area contributed by atoms with E-state index in [-0.39, 0.29) is 5.91 Å². The third-order valence-electron chi connectivity index (χ3n) is 3.02. The van der Waals surface area contributed by atoms with E-state index in [2.05, 4.69) is 31.0 Å². The molecule has 0 spiro atoms. The maximum absolute atomic E-state index is 12.4. The second kappa shape index (κ2) is 5.95. The van der Waals surface area contributed by atoms with Crippen molar-refractivity contribution in [1.29, 1.82) is 0 Å². The number of aromatic nitrogens is 6. The van der Waals surface area contributed by atoms with Crippen LogP contribution in [0.4, 0.5) is 5.82 Å². The van der Waals surface area contributed by atoms with E-state index >= 15 is 0 Å². The number of nitrogens with zero attached hydrogens (tertiary/aromatic N) is 5. The fraction of sp³-hybridized carbons (Fsp3) is 0.154. The minimum atomic E-state index is -0.536. The molecule has 8 heteroatoms. The van der Waals surface area contributed by atoms with E-state index in [1.807, 2.05) is 30.3 Å². The summed E-state index contributed by atoms with van der Waals surface area (Å²) in [5, 5.41) is 20.3. The number of tetrazole rings is 1. The Labute approximate surface area is 120 Å². The SMILES string of the molecule is O=C(Nc1ccn[nH]1)C(Cc1ccccc1)n1cnnn1. The van der Waals surface area contributed by atoms with Gasteiger partial charge in [-0.15, -0.1) is 5.10 Å². The van der Waals surface area contributed by atoms with Crippen molar-refractivity contribution in [3.05, 3.63) is 54.5 Å². The Morgan fingerprint density at radius 3 is 2.81 bits per heavy atom. The molecule has 106 valence electrons. The summed E-state index contributed by atoms with van der Waals surface area (Å²) in [7, 11) is 0. The van der Waals surface area contributed by atoms with Crippen LogP contribution in [0.15, 0.2) is 48.9 Å². The number of carbonyl (C=O) groups excluding carboxylic acids is 1. The van der Waals surface area contributed by atoms with Gasteiger partial charge in [0.1, 0.15) is 18.2 Å². The second-order valence-corrected chi connectivity index (χ2v) is 4.45. The van der Waals surface area contributed by atoms with Crippen molar-refractivity contribution in [1.82, 2.24) is 30.4 Å². The van der Waals surface area contributed by atoms with E-state index in [9.17, 15) is 4.79 Å². The van der Waals surface area contributed by atoms with Gasteiger partial charge in [0.05, 0.1) is 6.20 Å². The van der Waals surface area contributed by atoms with Crippen LogP contribution in [0.2, 0.25) is 0 Å². The lowest BCUT2D eigenvalue weighted by Gasteiger charge is -2.15. The van der Waals surface area contributed by atoms with Crippen LogP contribution in [0.25, 0.3) is 0 Å². The Kier molecular flexibility index (Phi) is 3.68. The van der Waals surface area contributed by atoms with Crippen molar-refractivity contribution in [3.8, 4) is 0 Å². The van der Waals surface area contributed by atoms with Gasteiger partial charge in [-0.1, -0.05) is 30.3 Å². The molecule has 0 aliphatic carbocycles. The molecule has 2 N–H and O–H groups in total. The highest BCUT2D eigenvalue weighted by atomic mass is 16.2. The average molecular weight is 283 g/mol. The molecule has 0 fully saturated rings. The molecule has 0 aliphatic rings. The Morgan fingerprint density at radius 1 is 1.29 bits per heavy atom. The highest BCUT2D eigenvalue weighted by Gasteiger charge is 2.22. The molecular weight excluding hydrogens is 270 g/mol. The van der Waals surface area contributed by atoms with Crippen molar-refractivity contribution in [2.24, 2.45) is 0 Å². The number of hydrogen-bond donors (Lipinski definition) is 2. The third kappa shape index (κ3) is 3.11. The average Bonchev–Trinajstić information content (AvgIpc) is 3.19. The van der Waals surface area contributed by atoms with Gasteiger partial charge in [-0.05, 0) is 16.0 Å². The van der Waals surface area contributed by atoms with Gasteiger partial charge in [0.2, 0.25) is 0 Å². The molecule has 21 heavy (non-hydrogen) atoms. The summed E-state index contributed by atoms with van der Waals surface area (Å²) in [5.74, 6) is 0.321. The maximum Gasteiger partial charge on any atom is 0.250 e. The first-order valence-electron chi connectivity index (χ1n) is 6.39. The molecule has 1 aromatic carbocycles. The molecule has 0 radical (unpaired) electrons. The summed E-state index contributed by atoms with van der Waals surface area (Å²) in [6.45, 7) is 0. The zero-order chi connectivity index (χ0) is 14.5. The van der Waals surface area contributed by atoms with Crippen LogP contribution in [-0.4, -0.2) is 36.3 Å². The van der Waals surface area contributed by atoms with Crippen LogP contribution in [0, 0.1) is 0 Å². The van der Waals surface area contributed by atoms with Crippen LogP contribution in [0.1, 0.15) is 11.6 Å². The van der Waals surface area contributed by atoms with Crippen molar-refractivity contribution in [2.45, 2.75) is 12.5 Å². The molecule has 1 unspecified atom stereocenters. The number of rotatable bonds is 5. The summed E-state index contributed by atoms with van der Waals surface area (Å²) in [6, 6.07) is 10.8. The van der Waals surface area contributed by atoms with Gasteiger partial charge in [0.25, 0.3) is 5.91 Å². The number of anilines is 1. The fourth-order valence-electron chi connectivity index (χ4n) is 2.00. The zero-order valence-corrected chi connectivity index (χ0v) is 11.0. The number of aromatic amines is 1. The van der Waals surface area contributed by atoms with E-state index in [4.69, 9.17) is 0 Å². The summed E-state index contributed by atoms with van der Waals surface area (Å²) in [4.78, 5) is 12.4. The number of H-pyrrole nitrogens is 1. The van der Waals surface area contributed by atoms with Gasteiger partial charge in [0, 0.05) is 12.5 Å². The van der Waals surface area contributed by atoms with Gasteiger partial charge in [-0.25, -0.2) is 4.68 Å². The van der Waals surface area contributed by atoms with Gasteiger partial charge < -0.3 is 5.32 Å². The molecule has 0 aliphatic heterocycles. The van der Waals surface area contributed by atoms with Gasteiger partial charge in [-0.3, -0.25) is 9.89 Å². The first-order chi connectivity index (χ1) is 10.3. The summed E-state index contributed by atoms with van der Waals surface area (Å²) in [5.41, 5.74) is 1.03. The normalized spacial score (nSPS) is 12.0. The monoisotopic (exact) mass is 283 g/mol. The lowest BCUT2D eigenvalue weighted by atomic mass is 10.1. The Hall–Kier alpha value is -3.03. The molecule has 0 bridgehead atoms. The summed E-state index contributed by atoms with van der Waals surface area (Å²) in [6.07, 6.45) is 3.49. The Morgan fingerprint density at radius 2 is 2.14 bits per heavy atom. The topological polar surface area (TPSA) is 101 Å². The highest BCUT2D eigenvalue weighted by Crippen LogP contribution is 2.15. The number of nitrogens with one attached hydrogen (secondary N) is 2. The Balaban J connectivity index is 1.81.